The minimum Gasteiger partial charge on any atom is -0.373 e. The van der Waals surface area contributed by atoms with Crippen LogP contribution in [-0.4, -0.2) is 17.9 Å². The molecule has 1 aromatic carbocycles. The van der Waals surface area contributed by atoms with Gasteiger partial charge >= 0.3 is 0 Å². The molecule has 4 nitrogen and oxygen atoms in total. The van der Waals surface area contributed by atoms with Crippen molar-refractivity contribution in [2.24, 2.45) is 0 Å². The number of halogens is 4. The van der Waals surface area contributed by atoms with Crippen molar-refractivity contribution < 1.29 is 13.6 Å². The van der Waals surface area contributed by atoms with E-state index in [1.807, 2.05) is 0 Å². The lowest BCUT2D eigenvalue weighted by Crippen LogP contribution is -2.14. The highest BCUT2D eigenvalue weighted by Gasteiger charge is 2.15. The minimum absolute atomic E-state index is 0.0302. The third kappa shape index (κ3) is 3.48. The van der Waals surface area contributed by atoms with E-state index in [1.54, 1.807) is 7.05 Å². The number of aromatic nitrogens is 1. The van der Waals surface area contributed by atoms with E-state index in [0.29, 0.717) is 5.82 Å². The molecular weight excluding hydrogens is 368 g/mol. The first-order valence-electron chi connectivity index (χ1n) is 5.71. The van der Waals surface area contributed by atoms with Crippen LogP contribution in [-0.2, 0) is 0 Å². The maximum absolute atomic E-state index is 13.7. The fraction of sp³-hybridized carbons (Fsp3) is 0.0769. The van der Waals surface area contributed by atoms with Gasteiger partial charge in [-0.1, -0.05) is 11.6 Å². The van der Waals surface area contributed by atoms with Crippen LogP contribution >= 0.6 is 27.5 Å². The Morgan fingerprint density at radius 3 is 2.67 bits per heavy atom. The van der Waals surface area contributed by atoms with Gasteiger partial charge in [0, 0.05) is 19.3 Å². The van der Waals surface area contributed by atoms with E-state index in [9.17, 15) is 13.6 Å². The molecule has 8 heteroatoms. The maximum atomic E-state index is 13.7. The van der Waals surface area contributed by atoms with Gasteiger partial charge in [-0.15, -0.1) is 0 Å². The van der Waals surface area contributed by atoms with E-state index < -0.39 is 17.5 Å². The summed E-state index contributed by atoms with van der Waals surface area (Å²) in [7, 11) is 1.63. The number of carbonyl (C=O) groups is 1. The van der Waals surface area contributed by atoms with Gasteiger partial charge in [0.15, 0.2) is 0 Å². The third-order valence-electron chi connectivity index (χ3n) is 2.61. The smallest absolute Gasteiger partial charge is 0.257 e. The Bertz CT molecular complexity index is 712. The number of pyridine rings is 1. The van der Waals surface area contributed by atoms with Crippen LogP contribution in [0.3, 0.4) is 0 Å². The maximum Gasteiger partial charge on any atom is 0.257 e. The second-order valence-corrected chi connectivity index (χ2v) is 5.26. The molecule has 0 radical (unpaired) electrons. The summed E-state index contributed by atoms with van der Waals surface area (Å²) in [6.45, 7) is 0. The topological polar surface area (TPSA) is 54.0 Å². The molecule has 0 fully saturated rings. The van der Waals surface area contributed by atoms with E-state index >= 15 is 0 Å². The van der Waals surface area contributed by atoms with Crippen molar-refractivity contribution in [1.29, 1.82) is 0 Å². The normalized spacial score (nSPS) is 10.3. The molecule has 0 aliphatic heterocycles. The predicted octanol–water partition coefficient (Wildman–Crippen LogP) is 4.07. The van der Waals surface area contributed by atoms with Crippen molar-refractivity contribution in [1.82, 2.24) is 4.98 Å². The number of rotatable bonds is 3. The molecule has 110 valence electrons. The number of carbonyl (C=O) groups excluding carboxylic acids is 1. The lowest BCUT2D eigenvalue weighted by molar-refractivity contribution is 0.102. The standard InChI is InChI=1S/C13H9BrClF2N3O/c1-18-12-2-6(8(15)5-19-12)13(21)20-11-4-9(16)7(14)3-10(11)17/h2-5H,1H3,(H,18,19)(H,20,21). The Labute approximate surface area is 132 Å². The Morgan fingerprint density at radius 1 is 1.29 bits per heavy atom. The molecule has 0 atom stereocenters. The summed E-state index contributed by atoms with van der Waals surface area (Å²) in [5.74, 6) is -1.70. The highest BCUT2D eigenvalue weighted by atomic mass is 79.9. The van der Waals surface area contributed by atoms with Gasteiger partial charge in [0.05, 0.1) is 20.7 Å². The molecule has 1 aromatic heterocycles. The number of anilines is 2. The van der Waals surface area contributed by atoms with Crippen LogP contribution in [0.4, 0.5) is 20.3 Å². The van der Waals surface area contributed by atoms with Gasteiger partial charge in [-0.05, 0) is 28.1 Å². The number of hydrogen-bond acceptors (Lipinski definition) is 3. The summed E-state index contributed by atoms with van der Waals surface area (Å²) >= 11 is 8.74. The quantitative estimate of drug-likeness (QED) is 0.794. The Morgan fingerprint density at radius 2 is 2.00 bits per heavy atom. The Kier molecular flexibility index (Phi) is 4.74. The summed E-state index contributed by atoms with van der Waals surface area (Å²) in [6, 6.07) is 3.22. The largest absolute Gasteiger partial charge is 0.373 e. The van der Waals surface area contributed by atoms with Gasteiger partial charge < -0.3 is 10.6 Å². The lowest BCUT2D eigenvalue weighted by atomic mass is 10.2. The highest BCUT2D eigenvalue weighted by molar-refractivity contribution is 9.10. The molecular formula is C13H9BrClF2N3O. The van der Waals surface area contributed by atoms with Crippen LogP contribution in [0.2, 0.25) is 5.02 Å². The van der Waals surface area contributed by atoms with Gasteiger partial charge in [-0.25, -0.2) is 13.8 Å². The zero-order valence-electron chi connectivity index (χ0n) is 10.7. The molecule has 0 saturated heterocycles. The molecule has 21 heavy (non-hydrogen) atoms. The fourth-order valence-corrected chi connectivity index (χ4v) is 2.06. The summed E-state index contributed by atoms with van der Waals surface area (Å²) in [5.41, 5.74) is -0.182. The van der Waals surface area contributed by atoms with Crippen molar-refractivity contribution in [2.75, 3.05) is 17.7 Å². The van der Waals surface area contributed by atoms with Crippen molar-refractivity contribution >= 4 is 44.9 Å². The van der Waals surface area contributed by atoms with Crippen molar-refractivity contribution in [3.05, 3.63) is 51.1 Å². The third-order valence-corrected chi connectivity index (χ3v) is 3.52. The van der Waals surface area contributed by atoms with Crippen LogP contribution < -0.4 is 10.6 Å². The fourth-order valence-electron chi connectivity index (χ4n) is 1.56. The van der Waals surface area contributed by atoms with Gasteiger partial charge in [0.25, 0.3) is 5.91 Å². The molecule has 0 bridgehead atoms. The van der Waals surface area contributed by atoms with Crippen molar-refractivity contribution in [2.45, 2.75) is 0 Å². The summed E-state index contributed by atoms with van der Waals surface area (Å²) < 4.78 is 27.1. The average molecular weight is 377 g/mol. The van der Waals surface area contributed by atoms with Crippen molar-refractivity contribution in [3.8, 4) is 0 Å². The van der Waals surface area contributed by atoms with E-state index in [2.05, 4.69) is 31.5 Å². The van der Waals surface area contributed by atoms with Gasteiger partial charge in [0.2, 0.25) is 0 Å². The molecule has 2 N–H and O–H groups in total. The summed E-state index contributed by atoms with van der Waals surface area (Å²) in [5, 5.41) is 5.12. The Balaban J connectivity index is 2.32. The van der Waals surface area contributed by atoms with E-state index in [4.69, 9.17) is 11.6 Å². The molecule has 0 spiro atoms. The molecule has 1 amide bonds. The lowest BCUT2D eigenvalue weighted by Gasteiger charge is -2.09. The number of hydrogen-bond donors (Lipinski definition) is 2. The Hall–Kier alpha value is -1.73. The zero-order chi connectivity index (χ0) is 15.6. The molecule has 0 saturated carbocycles. The van der Waals surface area contributed by atoms with Crippen molar-refractivity contribution in [3.63, 3.8) is 0 Å². The average Bonchev–Trinajstić information content (AvgIpc) is 2.45. The number of benzene rings is 1. The van der Waals surface area contributed by atoms with Crippen LogP contribution in [0.25, 0.3) is 0 Å². The van der Waals surface area contributed by atoms with E-state index in [1.165, 1.54) is 12.3 Å². The van der Waals surface area contributed by atoms with Gasteiger partial charge in [0.1, 0.15) is 17.5 Å². The van der Waals surface area contributed by atoms with Crippen LogP contribution in [0, 0.1) is 11.6 Å². The second kappa shape index (κ2) is 6.36. The molecule has 2 aromatic rings. The number of nitrogens with one attached hydrogen (secondary N) is 2. The molecule has 0 aliphatic rings. The molecule has 0 aliphatic carbocycles. The summed E-state index contributed by atoms with van der Waals surface area (Å²) in [6.07, 6.45) is 1.29. The SMILES string of the molecule is CNc1cc(C(=O)Nc2cc(F)c(Br)cc2F)c(Cl)cn1. The molecule has 2 rings (SSSR count). The molecule has 0 unspecified atom stereocenters. The first-order chi connectivity index (χ1) is 9.92. The summed E-state index contributed by atoms with van der Waals surface area (Å²) in [4.78, 5) is 16.0. The first-order valence-corrected chi connectivity index (χ1v) is 6.88. The minimum atomic E-state index is -0.768. The zero-order valence-corrected chi connectivity index (χ0v) is 13.0. The van der Waals surface area contributed by atoms with Crippen LogP contribution in [0.1, 0.15) is 10.4 Å². The first kappa shape index (κ1) is 15.7. The predicted molar refractivity (Wildman–Crippen MR) is 80.8 cm³/mol. The van der Waals surface area contributed by atoms with Gasteiger partial charge in [-0.3, -0.25) is 4.79 Å². The van der Waals surface area contributed by atoms with Gasteiger partial charge in [-0.2, -0.15) is 0 Å². The van der Waals surface area contributed by atoms with Crippen LogP contribution in [0.5, 0.6) is 0 Å². The number of nitrogens with zero attached hydrogens (tertiary/aromatic N) is 1. The number of amides is 1. The van der Waals surface area contributed by atoms with Crippen LogP contribution in [0.15, 0.2) is 28.9 Å². The highest BCUT2D eigenvalue weighted by Crippen LogP contribution is 2.25. The van der Waals surface area contributed by atoms with E-state index in [0.717, 1.165) is 12.1 Å². The van der Waals surface area contributed by atoms with E-state index in [-0.39, 0.29) is 20.7 Å². The monoisotopic (exact) mass is 375 g/mol. The second-order valence-electron chi connectivity index (χ2n) is 4.00. The molecule has 1 heterocycles.